The Kier molecular flexibility index (Phi) is 7.91. The molecule has 0 amide bonds. The van der Waals surface area contributed by atoms with Crippen LogP contribution in [0.3, 0.4) is 0 Å². The first-order valence-corrected chi connectivity index (χ1v) is 12.4. The molecule has 0 radical (unpaired) electrons. The first-order chi connectivity index (χ1) is 15.4. The van der Waals surface area contributed by atoms with E-state index in [9.17, 15) is 0 Å². The second-order valence-electron chi connectivity index (χ2n) is 8.34. The van der Waals surface area contributed by atoms with E-state index in [1.165, 1.54) is 77.4 Å². The topological polar surface area (TPSA) is 3.24 Å². The number of nitrogens with zero attached hydrogens (tertiary/aromatic N) is 1. The van der Waals surface area contributed by atoms with Crippen molar-refractivity contribution in [3.63, 3.8) is 0 Å². The van der Waals surface area contributed by atoms with E-state index in [0.717, 1.165) is 0 Å². The molecule has 1 nitrogen and oxygen atoms in total. The summed E-state index contributed by atoms with van der Waals surface area (Å²) in [5, 5.41) is 0. The van der Waals surface area contributed by atoms with Gasteiger partial charge in [0.2, 0.25) is 0 Å². The third-order valence-corrected chi connectivity index (χ3v) is 7.44. The number of hydrogen-bond acceptors (Lipinski definition) is 2. The minimum Gasteiger partial charge on any atom is -0.303 e. The molecule has 0 bridgehead atoms. The van der Waals surface area contributed by atoms with Crippen LogP contribution in [-0.4, -0.2) is 30.3 Å². The Morgan fingerprint density at radius 2 is 1.25 bits per heavy atom. The van der Waals surface area contributed by atoms with Gasteiger partial charge in [-0.15, -0.1) is 24.2 Å². The van der Waals surface area contributed by atoms with Crippen molar-refractivity contribution in [1.29, 1.82) is 0 Å². The molecule has 164 valence electrons. The highest BCUT2D eigenvalue weighted by Crippen LogP contribution is 2.38. The first-order valence-electron chi connectivity index (χ1n) is 11.4. The molecule has 3 aromatic carbocycles. The molecule has 3 aromatic rings. The van der Waals surface area contributed by atoms with Crippen LogP contribution in [0.25, 0.3) is 17.7 Å². The second kappa shape index (κ2) is 11.0. The van der Waals surface area contributed by atoms with Crippen LogP contribution in [0.4, 0.5) is 0 Å². The molecule has 0 atom stereocenters. The molecule has 1 aliphatic heterocycles. The van der Waals surface area contributed by atoms with Gasteiger partial charge in [0.15, 0.2) is 0 Å². The third-order valence-electron chi connectivity index (χ3n) is 6.35. The van der Waals surface area contributed by atoms with E-state index in [2.05, 4.69) is 95.9 Å². The lowest BCUT2D eigenvalue weighted by atomic mass is 9.86. The van der Waals surface area contributed by atoms with Crippen LogP contribution >= 0.6 is 24.2 Å². The monoisotopic (exact) mass is 459 g/mol. The quantitative estimate of drug-likeness (QED) is 0.222. The van der Waals surface area contributed by atoms with E-state index >= 15 is 0 Å². The van der Waals surface area contributed by atoms with Crippen LogP contribution < -0.4 is 0 Å². The van der Waals surface area contributed by atoms with Crippen molar-refractivity contribution in [3.05, 3.63) is 107 Å². The van der Waals surface area contributed by atoms with Gasteiger partial charge in [0, 0.05) is 18.0 Å². The van der Waals surface area contributed by atoms with Crippen LogP contribution in [0.15, 0.2) is 89.3 Å². The van der Waals surface area contributed by atoms with Crippen molar-refractivity contribution in [2.24, 2.45) is 0 Å². The molecule has 1 fully saturated rings. The molecule has 0 N–H and O–H groups in total. The Labute approximate surface area is 202 Å². The number of benzene rings is 3. The molecule has 0 aromatic heterocycles. The fourth-order valence-corrected chi connectivity index (χ4v) is 5.60. The standard InChI is InChI=1S/C29H29NS.ClH/c1-2-11-26(12-3-1)31-22-8-19-30-20-17-25(18-21-30)29-27-13-6-4-9-23(27)15-16-24-10-5-7-14-28(24)29;/h1-7,9-16H,8,17-22H2;1H. The Morgan fingerprint density at radius 3 is 1.88 bits per heavy atom. The van der Waals surface area contributed by atoms with Crippen molar-refractivity contribution in [2.75, 3.05) is 25.4 Å². The van der Waals surface area contributed by atoms with Gasteiger partial charge in [0.1, 0.15) is 0 Å². The molecule has 1 saturated heterocycles. The molecule has 3 heteroatoms. The van der Waals surface area contributed by atoms with Crippen LogP contribution in [0, 0.1) is 0 Å². The number of hydrogen-bond donors (Lipinski definition) is 0. The summed E-state index contributed by atoms with van der Waals surface area (Å²) < 4.78 is 0. The minimum absolute atomic E-state index is 0. The molecule has 0 saturated carbocycles. The van der Waals surface area contributed by atoms with Crippen LogP contribution in [0.2, 0.25) is 0 Å². The van der Waals surface area contributed by atoms with Crippen LogP contribution in [0.1, 0.15) is 41.5 Å². The van der Waals surface area contributed by atoms with Gasteiger partial charge in [-0.1, -0.05) is 84.5 Å². The molecule has 1 aliphatic carbocycles. The van der Waals surface area contributed by atoms with Gasteiger partial charge in [-0.05, 0) is 71.5 Å². The van der Waals surface area contributed by atoms with Gasteiger partial charge >= 0.3 is 0 Å². The number of piperidine rings is 1. The number of halogens is 1. The van der Waals surface area contributed by atoms with Gasteiger partial charge in [-0.25, -0.2) is 0 Å². The molecule has 0 spiro atoms. The van der Waals surface area contributed by atoms with E-state index in [4.69, 9.17) is 0 Å². The largest absolute Gasteiger partial charge is 0.303 e. The third kappa shape index (κ3) is 5.20. The zero-order valence-electron chi connectivity index (χ0n) is 18.4. The minimum atomic E-state index is 0. The van der Waals surface area contributed by atoms with Gasteiger partial charge in [-0.3, -0.25) is 0 Å². The normalized spacial score (nSPS) is 15.5. The van der Waals surface area contributed by atoms with Gasteiger partial charge in [0.05, 0.1) is 0 Å². The molecular formula is C29H30ClNS. The Hall–Kier alpha value is -2.26. The maximum atomic E-state index is 2.66. The van der Waals surface area contributed by atoms with Gasteiger partial charge in [0.25, 0.3) is 0 Å². The highest BCUT2D eigenvalue weighted by Gasteiger charge is 2.22. The fraction of sp³-hybridized carbons (Fsp3) is 0.241. The van der Waals surface area contributed by atoms with Crippen molar-refractivity contribution < 1.29 is 0 Å². The van der Waals surface area contributed by atoms with Gasteiger partial charge in [-0.2, -0.15) is 0 Å². The fourth-order valence-electron chi connectivity index (χ4n) is 4.74. The number of rotatable bonds is 5. The number of likely N-dealkylation sites (tertiary alicyclic amines) is 1. The Balaban J connectivity index is 0.00000245. The smallest absolute Gasteiger partial charge is 0.00719 e. The maximum Gasteiger partial charge on any atom is 0.00719 e. The predicted octanol–water partition coefficient (Wildman–Crippen LogP) is 7.67. The summed E-state index contributed by atoms with van der Waals surface area (Å²) in [6.07, 6.45) is 8.15. The Morgan fingerprint density at radius 1 is 0.688 bits per heavy atom. The summed E-state index contributed by atoms with van der Waals surface area (Å²) in [6, 6.07) is 28.5. The van der Waals surface area contributed by atoms with Crippen molar-refractivity contribution in [3.8, 4) is 0 Å². The Bertz CT molecular complexity index is 1040. The maximum absolute atomic E-state index is 2.66. The van der Waals surface area contributed by atoms with Crippen molar-refractivity contribution >= 4 is 41.9 Å². The average Bonchev–Trinajstić information content (AvgIpc) is 3.00. The van der Waals surface area contributed by atoms with E-state index in [1.54, 1.807) is 5.57 Å². The zero-order chi connectivity index (χ0) is 20.9. The summed E-state index contributed by atoms with van der Waals surface area (Å²) in [6.45, 7) is 3.55. The summed E-state index contributed by atoms with van der Waals surface area (Å²) in [5.74, 6) is 1.20. The summed E-state index contributed by atoms with van der Waals surface area (Å²) in [5.41, 5.74) is 8.56. The molecule has 0 unspecified atom stereocenters. The van der Waals surface area contributed by atoms with E-state index in [1.807, 2.05) is 11.8 Å². The van der Waals surface area contributed by atoms with Crippen molar-refractivity contribution in [2.45, 2.75) is 24.2 Å². The first kappa shape index (κ1) is 22.9. The lowest BCUT2D eigenvalue weighted by Crippen LogP contribution is -2.32. The van der Waals surface area contributed by atoms with Crippen LogP contribution in [0.5, 0.6) is 0 Å². The molecular weight excluding hydrogens is 430 g/mol. The second-order valence-corrected chi connectivity index (χ2v) is 9.51. The summed E-state index contributed by atoms with van der Waals surface area (Å²) in [7, 11) is 0. The van der Waals surface area contributed by atoms with Crippen LogP contribution in [-0.2, 0) is 0 Å². The highest BCUT2D eigenvalue weighted by molar-refractivity contribution is 7.99. The number of thioether (sulfide) groups is 1. The molecule has 5 rings (SSSR count). The van der Waals surface area contributed by atoms with E-state index in [0.29, 0.717) is 0 Å². The molecule has 2 aliphatic rings. The summed E-state index contributed by atoms with van der Waals surface area (Å²) in [4.78, 5) is 4.04. The average molecular weight is 460 g/mol. The zero-order valence-corrected chi connectivity index (χ0v) is 20.0. The lowest BCUT2D eigenvalue weighted by molar-refractivity contribution is 0.258. The molecule has 1 heterocycles. The SMILES string of the molecule is C1=Cc2ccccc2C(=C2CCN(CCCSc3ccccc3)CC2)c2ccccc21.Cl. The highest BCUT2D eigenvalue weighted by atomic mass is 35.5. The van der Waals surface area contributed by atoms with E-state index in [-0.39, 0.29) is 12.4 Å². The van der Waals surface area contributed by atoms with E-state index < -0.39 is 0 Å². The predicted molar refractivity (Wildman–Crippen MR) is 143 cm³/mol. The molecule has 32 heavy (non-hydrogen) atoms. The lowest BCUT2D eigenvalue weighted by Gasteiger charge is -2.30. The van der Waals surface area contributed by atoms with Gasteiger partial charge < -0.3 is 4.90 Å². The number of fused-ring (bicyclic) bond motifs is 2. The van der Waals surface area contributed by atoms with Crippen molar-refractivity contribution in [1.82, 2.24) is 4.90 Å². The summed E-state index contributed by atoms with van der Waals surface area (Å²) >= 11 is 1.98.